The molecule has 0 aliphatic rings. The third kappa shape index (κ3) is 4.23. The van der Waals surface area contributed by atoms with Crippen LogP contribution in [0.5, 0.6) is 5.75 Å². The summed E-state index contributed by atoms with van der Waals surface area (Å²) in [6, 6.07) is 13.2. The number of nitrogens with zero attached hydrogens (tertiary/aromatic N) is 1. The van der Waals surface area contributed by atoms with Gasteiger partial charge in [-0.2, -0.15) is 0 Å². The summed E-state index contributed by atoms with van der Waals surface area (Å²) in [5.41, 5.74) is 0.635. The first-order chi connectivity index (χ1) is 11.7. The number of carbonyl (C=O) groups is 1. The van der Waals surface area contributed by atoms with E-state index in [9.17, 15) is 4.79 Å². The molecule has 2 aromatic heterocycles. The maximum Gasteiger partial charge on any atom is 0.309 e. The molecule has 5 nitrogen and oxygen atoms in total. The van der Waals surface area contributed by atoms with Crippen molar-refractivity contribution in [1.82, 2.24) is 4.98 Å². The Balaban J connectivity index is 1.46. The number of aromatic nitrogens is 1. The van der Waals surface area contributed by atoms with Crippen LogP contribution in [-0.2, 0) is 16.1 Å². The van der Waals surface area contributed by atoms with E-state index in [1.54, 1.807) is 11.3 Å². The molecule has 0 N–H and O–H groups in total. The fourth-order valence-corrected chi connectivity index (χ4v) is 2.71. The van der Waals surface area contributed by atoms with Crippen molar-refractivity contribution in [1.29, 1.82) is 0 Å². The molecule has 0 saturated heterocycles. The van der Waals surface area contributed by atoms with Gasteiger partial charge in [0.25, 0.3) is 0 Å². The smallest absolute Gasteiger partial charge is 0.309 e. The molecule has 0 aliphatic carbocycles. The number of aryl methyl sites for hydroxylation is 1. The number of carbonyl (C=O) groups excluding carboxylic acids is 1. The lowest BCUT2D eigenvalue weighted by Gasteiger charge is -2.06. The second-order valence-corrected chi connectivity index (χ2v) is 6.02. The zero-order valence-corrected chi connectivity index (χ0v) is 14.0. The highest BCUT2D eigenvalue weighted by atomic mass is 32.1. The van der Waals surface area contributed by atoms with Crippen LogP contribution in [0.3, 0.4) is 0 Å². The number of esters is 1. The van der Waals surface area contributed by atoms with Crippen molar-refractivity contribution in [2.24, 2.45) is 0 Å². The summed E-state index contributed by atoms with van der Waals surface area (Å²) in [5.74, 6) is 1.62. The second kappa shape index (κ2) is 7.79. The average molecular weight is 343 g/mol. The van der Waals surface area contributed by atoms with Crippen molar-refractivity contribution in [3.8, 4) is 16.5 Å². The van der Waals surface area contributed by atoms with E-state index in [4.69, 9.17) is 13.9 Å². The summed E-state index contributed by atoms with van der Waals surface area (Å²) in [6.07, 6.45) is 0.184. The zero-order chi connectivity index (χ0) is 16.8. The normalized spacial score (nSPS) is 10.5. The molecule has 0 radical (unpaired) electrons. The van der Waals surface area contributed by atoms with Crippen LogP contribution >= 0.6 is 11.3 Å². The molecule has 2 heterocycles. The van der Waals surface area contributed by atoms with Gasteiger partial charge < -0.3 is 13.9 Å². The van der Waals surface area contributed by atoms with Gasteiger partial charge in [-0.3, -0.25) is 4.79 Å². The van der Waals surface area contributed by atoms with Crippen LogP contribution in [0.4, 0.5) is 0 Å². The molecule has 0 aliphatic heterocycles. The van der Waals surface area contributed by atoms with Crippen LogP contribution in [0.15, 0.2) is 52.3 Å². The SMILES string of the molecule is Cc1oc(-c2cccs2)nc1COC(=O)CCOc1ccccc1. The molecule has 6 heteroatoms. The summed E-state index contributed by atoms with van der Waals surface area (Å²) in [6.45, 7) is 2.19. The van der Waals surface area contributed by atoms with Crippen LogP contribution in [0.2, 0.25) is 0 Å². The van der Waals surface area contributed by atoms with Crippen molar-refractivity contribution >= 4 is 17.3 Å². The van der Waals surface area contributed by atoms with E-state index in [1.807, 2.05) is 54.8 Å². The Bertz CT molecular complexity index is 781. The van der Waals surface area contributed by atoms with Gasteiger partial charge in [-0.1, -0.05) is 24.3 Å². The Kier molecular flexibility index (Phi) is 5.28. The van der Waals surface area contributed by atoms with E-state index in [1.165, 1.54) is 0 Å². The Hall–Kier alpha value is -2.60. The number of hydrogen-bond donors (Lipinski definition) is 0. The van der Waals surface area contributed by atoms with Crippen LogP contribution in [0, 0.1) is 6.92 Å². The Morgan fingerprint density at radius 1 is 1.21 bits per heavy atom. The molecule has 0 amide bonds. The molecule has 0 atom stereocenters. The van der Waals surface area contributed by atoms with Gasteiger partial charge in [0.2, 0.25) is 5.89 Å². The molecular weight excluding hydrogens is 326 g/mol. The zero-order valence-electron chi connectivity index (χ0n) is 13.2. The quantitative estimate of drug-likeness (QED) is 0.601. The minimum absolute atomic E-state index is 0.102. The van der Waals surface area contributed by atoms with Crippen molar-refractivity contribution in [2.75, 3.05) is 6.61 Å². The number of hydrogen-bond acceptors (Lipinski definition) is 6. The van der Waals surface area contributed by atoms with Gasteiger partial charge in [-0.05, 0) is 30.5 Å². The monoisotopic (exact) mass is 343 g/mol. The molecule has 0 bridgehead atoms. The maximum atomic E-state index is 11.8. The summed E-state index contributed by atoms with van der Waals surface area (Å²) in [4.78, 5) is 17.1. The van der Waals surface area contributed by atoms with Crippen LogP contribution in [0.1, 0.15) is 17.9 Å². The first kappa shape index (κ1) is 16.3. The van der Waals surface area contributed by atoms with Gasteiger partial charge >= 0.3 is 5.97 Å². The minimum atomic E-state index is -0.328. The predicted octanol–water partition coefficient (Wildman–Crippen LogP) is 4.22. The number of para-hydroxylation sites is 1. The minimum Gasteiger partial charge on any atom is -0.493 e. The summed E-state index contributed by atoms with van der Waals surface area (Å²) >= 11 is 1.55. The van der Waals surface area contributed by atoms with Gasteiger partial charge in [0.15, 0.2) is 0 Å². The van der Waals surface area contributed by atoms with Crippen molar-refractivity contribution in [3.63, 3.8) is 0 Å². The third-order valence-electron chi connectivity index (χ3n) is 3.31. The van der Waals surface area contributed by atoms with E-state index < -0.39 is 0 Å². The highest BCUT2D eigenvalue weighted by Gasteiger charge is 2.14. The highest BCUT2D eigenvalue weighted by molar-refractivity contribution is 7.13. The molecule has 0 fully saturated rings. The number of ether oxygens (including phenoxy) is 2. The van der Waals surface area contributed by atoms with Crippen molar-refractivity contribution < 1.29 is 18.7 Å². The molecule has 0 saturated carbocycles. The van der Waals surface area contributed by atoms with E-state index in [0.29, 0.717) is 17.3 Å². The van der Waals surface area contributed by atoms with E-state index in [2.05, 4.69) is 4.98 Å². The lowest BCUT2D eigenvalue weighted by Crippen LogP contribution is -2.10. The molecule has 3 rings (SSSR count). The van der Waals surface area contributed by atoms with Crippen LogP contribution in [-0.4, -0.2) is 17.6 Å². The van der Waals surface area contributed by atoms with Gasteiger partial charge in [-0.25, -0.2) is 4.98 Å². The number of thiophene rings is 1. The maximum absolute atomic E-state index is 11.8. The van der Waals surface area contributed by atoms with Crippen LogP contribution in [0.25, 0.3) is 10.8 Å². The lowest BCUT2D eigenvalue weighted by molar-refractivity contribution is -0.145. The summed E-state index contributed by atoms with van der Waals surface area (Å²) in [5, 5.41) is 1.96. The van der Waals surface area contributed by atoms with Gasteiger partial charge in [-0.15, -0.1) is 11.3 Å². The molecule has 24 heavy (non-hydrogen) atoms. The molecule has 1 aromatic carbocycles. The Morgan fingerprint density at radius 2 is 2.04 bits per heavy atom. The molecule has 0 unspecified atom stereocenters. The highest BCUT2D eigenvalue weighted by Crippen LogP contribution is 2.26. The standard InChI is InChI=1S/C18H17NO4S/c1-13-15(19-18(23-13)16-8-5-11-24-16)12-22-17(20)9-10-21-14-6-3-2-4-7-14/h2-8,11H,9-10,12H2,1H3. The van der Waals surface area contributed by atoms with E-state index >= 15 is 0 Å². The predicted molar refractivity (Wildman–Crippen MR) is 90.9 cm³/mol. The topological polar surface area (TPSA) is 61.6 Å². The fourth-order valence-electron chi connectivity index (χ4n) is 2.06. The van der Waals surface area contributed by atoms with Gasteiger partial charge in [0.1, 0.15) is 23.8 Å². The number of oxazole rings is 1. The molecular formula is C18H17NO4S. The van der Waals surface area contributed by atoms with Crippen molar-refractivity contribution in [3.05, 3.63) is 59.3 Å². The fraction of sp³-hybridized carbons (Fsp3) is 0.222. The summed E-state index contributed by atoms with van der Waals surface area (Å²) < 4.78 is 16.3. The molecule has 124 valence electrons. The second-order valence-electron chi connectivity index (χ2n) is 5.07. The lowest BCUT2D eigenvalue weighted by atomic mass is 10.3. The third-order valence-corrected chi connectivity index (χ3v) is 4.17. The number of benzene rings is 1. The van der Waals surface area contributed by atoms with E-state index in [-0.39, 0.29) is 25.6 Å². The van der Waals surface area contributed by atoms with Gasteiger partial charge in [0, 0.05) is 0 Å². The number of rotatable bonds is 7. The van der Waals surface area contributed by atoms with Gasteiger partial charge in [0.05, 0.1) is 17.9 Å². The van der Waals surface area contributed by atoms with E-state index in [0.717, 1.165) is 10.6 Å². The Labute approximate surface area is 143 Å². The molecule has 0 spiro atoms. The van der Waals surface area contributed by atoms with Crippen LogP contribution < -0.4 is 4.74 Å². The Morgan fingerprint density at radius 3 is 2.79 bits per heavy atom. The largest absolute Gasteiger partial charge is 0.493 e. The first-order valence-electron chi connectivity index (χ1n) is 7.56. The molecule has 3 aromatic rings. The first-order valence-corrected chi connectivity index (χ1v) is 8.44. The average Bonchev–Trinajstić information content (AvgIpc) is 3.23. The van der Waals surface area contributed by atoms with Crippen molar-refractivity contribution in [2.45, 2.75) is 20.0 Å². The summed E-state index contributed by atoms with van der Waals surface area (Å²) in [7, 11) is 0.